The molecule has 4 aliphatic carbocycles. The normalized spacial score (nSPS) is 45.5. The summed E-state index contributed by atoms with van der Waals surface area (Å²) in [6.07, 6.45) is 0.0270. The van der Waals surface area contributed by atoms with E-state index in [2.05, 4.69) is 11.4 Å². The van der Waals surface area contributed by atoms with E-state index in [0.29, 0.717) is 37.0 Å². The third-order valence-corrected chi connectivity index (χ3v) is 9.77. The van der Waals surface area contributed by atoms with Gasteiger partial charge in [0.15, 0.2) is 11.4 Å². The predicted octanol–water partition coefficient (Wildman–Crippen LogP) is 4.23. The van der Waals surface area contributed by atoms with Crippen LogP contribution in [0.4, 0.5) is 13.2 Å². The van der Waals surface area contributed by atoms with Gasteiger partial charge in [0.05, 0.1) is 0 Å². The molecule has 10 heteroatoms. The number of alkyl halides is 3. The van der Waals surface area contributed by atoms with Gasteiger partial charge >= 0.3 is 14.0 Å². The van der Waals surface area contributed by atoms with Crippen molar-refractivity contribution in [1.82, 2.24) is 0 Å². The van der Waals surface area contributed by atoms with Crippen molar-refractivity contribution in [2.75, 3.05) is 6.61 Å². The summed E-state index contributed by atoms with van der Waals surface area (Å²) in [4.78, 5) is 30.5. The molecule has 178 valence electrons. The lowest BCUT2D eigenvalue weighted by molar-refractivity contribution is -0.282. The Kier molecular flexibility index (Phi) is 5.95. The minimum absolute atomic E-state index is 0.110. The average Bonchev–Trinajstić information content (AvgIpc) is 3.01. The number of rotatable bonds is 4. The van der Waals surface area contributed by atoms with E-state index >= 15 is 0 Å². The van der Waals surface area contributed by atoms with E-state index in [0.717, 1.165) is 25.7 Å². The predicted molar refractivity (Wildman–Crippen MR) is 105 cm³/mol. The number of fused-ring (bicyclic) bond motifs is 5. The first kappa shape index (κ1) is 23.7. The summed E-state index contributed by atoms with van der Waals surface area (Å²) in [5.41, 5.74) is -2.82. The van der Waals surface area contributed by atoms with Gasteiger partial charge in [0, 0.05) is 5.92 Å². The maximum atomic E-state index is 13.4. The molecule has 0 radical (unpaired) electrons. The first-order chi connectivity index (χ1) is 14.3. The van der Waals surface area contributed by atoms with Crippen molar-refractivity contribution in [2.24, 2.45) is 40.9 Å². The maximum absolute atomic E-state index is 13.4. The van der Waals surface area contributed by atoms with E-state index in [9.17, 15) is 27.6 Å². The fraction of sp³-hybridized carbons (Fsp3) is 0.952. The molecule has 0 saturated heterocycles. The van der Waals surface area contributed by atoms with Gasteiger partial charge in [-0.1, -0.05) is 6.92 Å². The Bertz CT molecular complexity index is 769. The van der Waals surface area contributed by atoms with Crippen molar-refractivity contribution in [1.29, 1.82) is 0 Å². The highest BCUT2D eigenvalue weighted by Gasteiger charge is 2.62. The number of ketones is 1. The Morgan fingerprint density at radius 3 is 2.35 bits per heavy atom. The molecule has 4 aliphatic rings. The van der Waals surface area contributed by atoms with Gasteiger partial charge in [0.1, 0.15) is 6.61 Å². The lowest BCUT2D eigenvalue weighted by atomic mass is 9.49. The number of carbonyl (C=O) groups is 1. The minimum atomic E-state index is -4.70. The molecular formula is C21H32F3O6P. The number of phosphoric acid groups is 1. The van der Waals surface area contributed by atoms with E-state index in [1.54, 1.807) is 0 Å². The van der Waals surface area contributed by atoms with Crippen LogP contribution in [0.25, 0.3) is 0 Å². The number of hydrogen-bond donors (Lipinski definition) is 3. The lowest BCUT2D eigenvalue weighted by Crippen LogP contribution is -2.55. The summed E-state index contributed by atoms with van der Waals surface area (Å²) < 4.78 is 55.5. The van der Waals surface area contributed by atoms with Crippen LogP contribution in [0.1, 0.15) is 64.7 Å². The van der Waals surface area contributed by atoms with Crippen LogP contribution in [-0.4, -0.2) is 39.1 Å². The maximum Gasteiger partial charge on any atom is 0.470 e. The highest BCUT2D eigenvalue weighted by atomic mass is 31.2. The molecule has 4 unspecified atom stereocenters. The molecule has 6 nitrogen and oxygen atoms in total. The molecular weight excluding hydrogens is 436 g/mol. The smallest absolute Gasteiger partial charge is 0.380 e. The van der Waals surface area contributed by atoms with Crippen molar-refractivity contribution in [2.45, 2.75) is 76.5 Å². The largest absolute Gasteiger partial charge is 0.470 e. The molecule has 3 N–H and O–H groups in total. The second kappa shape index (κ2) is 7.79. The molecule has 0 spiro atoms. The SMILES string of the molecule is C[C@]12CCC3C(CC[C@@H]4CC(O)(C(F)(F)F)CC[C@H]34)C1CC[C@@H]2C(=O)COP(=O)(O)O. The molecule has 0 amide bonds. The zero-order valence-electron chi connectivity index (χ0n) is 17.7. The van der Waals surface area contributed by atoms with Crippen LogP contribution in [0, 0.1) is 40.9 Å². The van der Waals surface area contributed by atoms with Gasteiger partial charge in [-0.3, -0.25) is 9.32 Å². The van der Waals surface area contributed by atoms with Crippen molar-refractivity contribution < 1.29 is 41.9 Å². The van der Waals surface area contributed by atoms with E-state index < -0.39 is 26.2 Å². The molecule has 31 heavy (non-hydrogen) atoms. The monoisotopic (exact) mass is 468 g/mol. The average molecular weight is 468 g/mol. The summed E-state index contributed by atoms with van der Waals surface area (Å²) in [5.74, 6) is 0.491. The van der Waals surface area contributed by atoms with Crippen LogP contribution in [0.2, 0.25) is 0 Å². The Labute approximate surface area is 180 Å². The second-order valence-electron chi connectivity index (χ2n) is 10.6. The number of halogens is 3. The molecule has 4 saturated carbocycles. The van der Waals surface area contributed by atoms with E-state index in [4.69, 9.17) is 9.79 Å². The number of Topliss-reactive ketones (excluding diaryl/α,β-unsaturated/α-hetero) is 1. The van der Waals surface area contributed by atoms with E-state index in [1.807, 2.05) is 0 Å². The van der Waals surface area contributed by atoms with Gasteiger partial charge in [-0.2, -0.15) is 13.2 Å². The van der Waals surface area contributed by atoms with Crippen molar-refractivity contribution >= 4 is 13.6 Å². The standard InChI is InChI=1S/C21H32F3O6P/c1-19-8-6-14-13-7-9-20(26,21(22,23)24)10-12(13)2-3-15(14)16(19)4-5-17(19)18(25)11-30-31(27,28)29/h12-17,26H,2-11H2,1H3,(H2,27,28,29)/t12-,13+,14?,15?,16?,17-,19+,20?/m1/s1. The van der Waals surface area contributed by atoms with Gasteiger partial charge in [-0.05, 0) is 92.8 Å². The van der Waals surface area contributed by atoms with Crippen molar-refractivity contribution in [3.8, 4) is 0 Å². The Balaban J connectivity index is 1.46. The van der Waals surface area contributed by atoms with Gasteiger partial charge in [0.25, 0.3) is 0 Å². The molecule has 8 atom stereocenters. The highest BCUT2D eigenvalue weighted by molar-refractivity contribution is 7.46. The molecule has 0 aliphatic heterocycles. The Hall–Kier alpha value is -0.470. The summed E-state index contributed by atoms with van der Waals surface area (Å²) in [5, 5.41) is 10.2. The number of aliphatic hydroxyl groups is 1. The third kappa shape index (κ3) is 4.14. The molecule has 0 bridgehead atoms. The zero-order valence-corrected chi connectivity index (χ0v) is 18.6. The van der Waals surface area contributed by atoms with Gasteiger partial charge in [-0.15, -0.1) is 0 Å². The summed E-state index contributed by atoms with van der Waals surface area (Å²) in [6.45, 7) is 1.50. The quantitative estimate of drug-likeness (QED) is 0.534. The lowest BCUT2D eigenvalue weighted by Gasteiger charge is -2.57. The fourth-order valence-electron chi connectivity index (χ4n) is 7.91. The Morgan fingerprint density at radius 1 is 1.03 bits per heavy atom. The van der Waals surface area contributed by atoms with Crippen molar-refractivity contribution in [3.05, 3.63) is 0 Å². The number of phosphoric ester groups is 1. The molecule has 0 aromatic heterocycles. The summed E-state index contributed by atoms with van der Waals surface area (Å²) in [6, 6.07) is 0. The Morgan fingerprint density at radius 2 is 1.71 bits per heavy atom. The topological polar surface area (TPSA) is 104 Å². The fourth-order valence-corrected chi connectivity index (χ4v) is 8.21. The van der Waals surface area contributed by atoms with Gasteiger partial charge in [-0.25, -0.2) is 4.57 Å². The van der Waals surface area contributed by atoms with Crippen LogP contribution >= 0.6 is 7.82 Å². The van der Waals surface area contributed by atoms with Crippen LogP contribution < -0.4 is 0 Å². The number of carbonyl (C=O) groups excluding carboxylic acids is 1. The first-order valence-corrected chi connectivity index (χ1v) is 12.8. The number of hydrogen-bond acceptors (Lipinski definition) is 4. The zero-order chi connectivity index (χ0) is 22.8. The van der Waals surface area contributed by atoms with Crippen molar-refractivity contribution in [3.63, 3.8) is 0 Å². The van der Waals surface area contributed by atoms with Gasteiger partial charge in [0.2, 0.25) is 0 Å². The molecule has 4 fully saturated rings. The molecule has 0 heterocycles. The van der Waals surface area contributed by atoms with E-state index in [-0.39, 0.29) is 41.8 Å². The minimum Gasteiger partial charge on any atom is -0.380 e. The first-order valence-electron chi connectivity index (χ1n) is 11.3. The summed E-state index contributed by atoms with van der Waals surface area (Å²) in [7, 11) is -4.70. The third-order valence-electron chi connectivity index (χ3n) is 9.30. The van der Waals surface area contributed by atoms with Gasteiger partial charge < -0.3 is 14.9 Å². The van der Waals surface area contributed by atoms with E-state index in [1.165, 1.54) is 0 Å². The molecule has 4 rings (SSSR count). The molecule has 0 aromatic rings. The van der Waals surface area contributed by atoms with Crippen LogP contribution in [-0.2, 0) is 13.9 Å². The van der Waals surface area contributed by atoms with Crippen LogP contribution in [0.5, 0.6) is 0 Å². The second-order valence-corrected chi connectivity index (χ2v) is 11.9. The van der Waals surface area contributed by atoms with Crippen LogP contribution in [0.3, 0.4) is 0 Å². The highest BCUT2D eigenvalue weighted by Crippen LogP contribution is 2.65. The van der Waals surface area contributed by atoms with Crippen LogP contribution in [0.15, 0.2) is 0 Å². The molecule has 0 aromatic carbocycles. The summed E-state index contributed by atoms with van der Waals surface area (Å²) >= 11 is 0.